The van der Waals surface area contributed by atoms with Crippen LogP contribution in [0, 0.1) is 0 Å². The molecule has 9 nitrogen and oxygen atoms in total. The molecule has 5 rings (SSSR count). The van der Waals surface area contributed by atoms with Crippen LogP contribution in [-0.4, -0.2) is 76.4 Å². The standard InChI is InChI=1S/C25H34N8O/c1-30(2)13-14-31-11-8-22(9-12-31)32-18-21(17-28-32)29-24-16-25(27-19-26-24)33-23(10-15-34-33)20-6-4-3-5-7-20/h3-7,16-19,22-23H,8-15H2,1-2H3,(H,26,27,29)/t23-/m1/s1. The third-order valence-electron chi connectivity index (χ3n) is 6.64. The van der Waals surface area contributed by atoms with E-state index in [4.69, 9.17) is 4.84 Å². The van der Waals surface area contributed by atoms with Crippen molar-refractivity contribution >= 4 is 17.3 Å². The second-order valence-corrected chi connectivity index (χ2v) is 9.35. The van der Waals surface area contributed by atoms with Crippen LogP contribution in [0.1, 0.15) is 36.9 Å². The second kappa shape index (κ2) is 10.5. The average Bonchev–Trinajstić information content (AvgIpc) is 3.54. The number of hydrogen-bond acceptors (Lipinski definition) is 8. The fraction of sp³-hybridized carbons (Fsp3) is 0.480. The molecular formula is C25H34N8O. The number of nitrogens with one attached hydrogen (secondary N) is 1. The molecule has 2 saturated heterocycles. The van der Waals surface area contributed by atoms with Crippen molar-refractivity contribution in [1.82, 2.24) is 29.5 Å². The van der Waals surface area contributed by atoms with Gasteiger partial charge >= 0.3 is 0 Å². The van der Waals surface area contributed by atoms with Gasteiger partial charge in [0.1, 0.15) is 12.1 Å². The van der Waals surface area contributed by atoms with Gasteiger partial charge in [-0.15, -0.1) is 0 Å². The number of nitrogens with zero attached hydrogens (tertiary/aromatic N) is 7. The van der Waals surface area contributed by atoms with Crippen molar-refractivity contribution in [2.75, 3.05) is 57.3 Å². The number of piperidine rings is 1. The minimum atomic E-state index is 0.148. The highest BCUT2D eigenvalue weighted by atomic mass is 16.7. The molecule has 3 aromatic rings. The van der Waals surface area contributed by atoms with Gasteiger partial charge in [-0.05, 0) is 32.5 Å². The maximum atomic E-state index is 5.93. The van der Waals surface area contributed by atoms with E-state index in [2.05, 4.69) is 79.4 Å². The van der Waals surface area contributed by atoms with Crippen LogP contribution in [0.5, 0.6) is 0 Å². The summed E-state index contributed by atoms with van der Waals surface area (Å²) in [7, 11) is 4.26. The van der Waals surface area contributed by atoms with Gasteiger partial charge in [-0.3, -0.25) is 9.52 Å². The summed E-state index contributed by atoms with van der Waals surface area (Å²) < 4.78 is 2.10. The van der Waals surface area contributed by atoms with Gasteiger partial charge in [-0.2, -0.15) is 5.10 Å². The topological polar surface area (TPSA) is 74.6 Å². The molecule has 2 aliphatic heterocycles. The van der Waals surface area contributed by atoms with E-state index in [1.165, 1.54) is 5.56 Å². The van der Waals surface area contributed by atoms with E-state index in [0.717, 1.165) is 62.8 Å². The molecule has 0 unspecified atom stereocenters. The summed E-state index contributed by atoms with van der Waals surface area (Å²) in [5.74, 6) is 1.48. The number of hydrogen-bond donors (Lipinski definition) is 1. The van der Waals surface area contributed by atoms with Crippen LogP contribution in [0.2, 0.25) is 0 Å². The van der Waals surface area contributed by atoms with Gasteiger partial charge in [0.05, 0.1) is 30.6 Å². The highest BCUT2D eigenvalue weighted by Gasteiger charge is 2.29. The lowest BCUT2D eigenvalue weighted by Crippen LogP contribution is -2.38. The van der Waals surface area contributed by atoms with Crippen LogP contribution in [0.25, 0.3) is 0 Å². The maximum Gasteiger partial charge on any atom is 0.158 e. The number of likely N-dealkylation sites (N-methyl/N-ethyl adjacent to an activating group) is 1. The Morgan fingerprint density at radius 3 is 2.71 bits per heavy atom. The van der Waals surface area contributed by atoms with E-state index in [-0.39, 0.29) is 6.04 Å². The molecule has 0 bridgehead atoms. The summed E-state index contributed by atoms with van der Waals surface area (Å²) in [5.41, 5.74) is 2.16. The van der Waals surface area contributed by atoms with E-state index >= 15 is 0 Å². The van der Waals surface area contributed by atoms with Gasteiger partial charge in [0.2, 0.25) is 0 Å². The molecule has 0 aliphatic carbocycles. The number of likely N-dealkylation sites (tertiary alicyclic amines) is 1. The number of benzene rings is 1. The van der Waals surface area contributed by atoms with Crippen molar-refractivity contribution in [1.29, 1.82) is 0 Å². The van der Waals surface area contributed by atoms with Crippen LogP contribution in [0.4, 0.5) is 17.3 Å². The molecule has 0 radical (unpaired) electrons. The van der Waals surface area contributed by atoms with E-state index < -0.39 is 0 Å². The lowest BCUT2D eigenvalue weighted by atomic mass is 10.0. The SMILES string of the molecule is CN(C)CCN1CCC(n2cc(Nc3cc(N4OCC[C@@H]4c4ccccc4)ncn3)cn2)CC1. The van der Waals surface area contributed by atoms with E-state index in [1.54, 1.807) is 6.33 Å². The molecule has 4 heterocycles. The predicted molar refractivity (Wildman–Crippen MR) is 133 cm³/mol. The Balaban J connectivity index is 1.21. The molecule has 1 atom stereocenters. The van der Waals surface area contributed by atoms with Gasteiger partial charge in [0.25, 0.3) is 0 Å². The largest absolute Gasteiger partial charge is 0.338 e. The summed E-state index contributed by atoms with van der Waals surface area (Å²) in [6.45, 7) is 5.15. The molecule has 2 aliphatic rings. The lowest BCUT2D eigenvalue weighted by molar-refractivity contribution is 0.157. The molecule has 1 aromatic carbocycles. The summed E-state index contributed by atoms with van der Waals surface area (Å²) in [5, 5.41) is 9.93. The second-order valence-electron chi connectivity index (χ2n) is 9.35. The molecule has 1 N–H and O–H groups in total. The zero-order valence-corrected chi connectivity index (χ0v) is 20.0. The smallest absolute Gasteiger partial charge is 0.158 e. The zero-order valence-electron chi connectivity index (χ0n) is 20.0. The molecule has 2 fully saturated rings. The van der Waals surface area contributed by atoms with Crippen LogP contribution < -0.4 is 10.4 Å². The monoisotopic (exact) mass is 462 g/mol. The van der Waals surface area contributed by atoms with Crippen molar-refractivity contribution in [3.8, 4) is 0 Å². The van der Waals surface area contributed by atoms with Crippen molar-refractivity contribution in [2.24, 2.45) is 0 Å². The number of rotatable bonds is 8. The van der Waals surface area contributed by atoms with Crippen LogP contribution in [-0.2, 0) is 4.84 Å². The Hall–Kier alpha value is -3.01. The molecule has 9 heteroatoms. The van der Waals surface area contributed by atoms with Crippen molar-refractivity contribution < 1.29 is 4.84 Å². The normalized spacial score (nSPS) is 19.7. The number of hydroxylamine groups is 1. The first kappa shape index (κ1) is 22.8. The molecule has 34 heavy (non-hydrogen) atoms. The summed E-state index contributed by atoms with van der Waals surface area (Å²) in [6.07, 6.45) is 8.71. The summed E-state index contributed by atoms with van der Waals surface area (Å²) in [6, 6.07) is 12.9. The number of anilines is 3. The van der Waals surface area contributed by atoms with Crippen molar-refractivity contribution in [3.63, 3.8) is 0 Å². The first-order chi connectivity index (χ1) is 16.7. The third kappa shape index (κ3) is 5.38. The Morgan fingerprint density at radius 2 is 1.91 bits per heavy atom. The Labute approximate surface area is 201 Å². The van der Waals surface area contributed by atoms with Gasteiger partial charge in [-0.1, -0.05) is 30.3 Å². The first-order valence-electron chi connectivity index (χ1n) is 12.1. The summed E-state index contributed by atoms with van der Waals surface area (Å²) >= 11 is 0. The minimum absolute atomic E-state index is 0.148. The molecular weight excluding hydrogens is 428 g/mol. The van der Waals surface area contributed by atoms with E-state index in [9.17, 15) is 0 Å². The Morgan fingerprint density at radius 1 is 1.09 bits per heavy atom. The fourth-order valence-electron chi connectivity index (χ4n) is 4.71. The van der Waals surface area contributed by atoms with Crippen molar-refractivity contribution in [3.05, 3.63) is 60.7 Å². The molecule has 180 valence electrons. The average molecular weight is 463 g/mol. The van der Waals surface area contributed by atoms with E-state index in [1.807, 2.05) is 23.4 Å². The van der Waals surface area contributed by atoms with Gasteiger partial charge in [0.15, 0.2) is 5.82 Å². The lowest BCUT2D eigenvalue weighted by Gasteiger charge is -2.32. The van der Waals surface area contributed by atoms with Gasteiger partial charge in [-0.25, -0.2) is 15.0 Å². The quantitative estimate of drug-likeness (QED) is 0.545. The first-order valence-corrected chi connectivity index (χ1v) is 12.1. The number of aromatic nitrogens is 4. The highest BCUT2D eigenvalue weighted by Crippen LogP contribution is 2.34. The third-order valence-corrected chi connectivity index (χ3v) is 6.64. The van der Waals surface area contributed by atoms with E-state index in [0.29, 0.717) is 12.6 Å². The van der Waals surface area contributed by atoms with Gasteiger partial charge < -0.3 is 15.1 Å². The highest BCUT2D eigenvalue weighted by molar-refractivity contribution is 5.58. The maximum absolute atomic E-state index is 5.93. The minimum Gasteiger partial charge on any atom is -0.338 e. The molecule has 0 saturated carbocycles. The fourth-order valence-corrected chi connectivity index (χ4v) is 4.71. The van der Waals surface area contributed by atoms with Gasteiger partial charge in [0, 0.05) is 44.9 Å². The van der Waals surface area contributed by atoms with Crippen LogP contribution in [0.15, 0.2) is 55.1 Å². The molecule has 2 aromatic heterocycles. The Bertz CT molecular complexity index is 1050. The molecule has 0 spiro atoms. The Kier molecular flexibility index (Phi) is 7.03. The van der Waals surface area contributed by atoms with Crippen LogP contribution >= 0.6 is 0 Å². The molecule has 0 amide bonds. The zero-order chi connectivity index (χ0) is 23.3. The van der Waals surface area contributed by atoms with Crippen molar-refractivity contribution in [2.45, 2.75) is 31.3 Å². The predicted octanol–water partition coefficient (Wildman–Crippen LogP) is 3.50. The van der Waals surface area contributed by atoms with Crippen LogP contribution in [0.3, 0.4) is 0 Å². The summed E-state index contributed by atoms with van der Waals surface area (Å²) in [4.78, 5) is 19.6.